The number of carbonyl (C=O) groups is 1. The van der Waals surface area contributed by atoms with Crippen LogP contribution in [0, 0.1) is 0 Å². The first kappa shape index (κ1) is 17.1. The molecule has 1 heterocycles. The zero-order valence-electron chi connectivity index (χ0n) is 14.1. The van der Waals surface area contributed by atoms with Gasteiger partial charge in [-0.15, -0.1) is 0 Å². The Morgan fingerprint density at radius 3 is 2.56 bits per heavy atom. The molecule has 7 heteroatoms. The maximum atomic E-state index is 12.6. The molecule has 0 aliphatic rings. The summed E-state index contributed by atoms with van der Waals surface area (Å²) in [7, 11) is 1.07. The summed E-state index contributed by atoms with van der Waals surface area (Å²) in [5, 5.41) is 1.98. The van der Waals surface area contributed by atoms with Gasteiger partial charge in [-0.25, -0.2) is 4.98 Å². The van der Waals surface area contributed by atoms with Crippen molar-refractivity contribution in [1.29, 1.82) is 0 Å². The number of anilines is 1. The molecule has 0 atom stereocenters. The van der Waals surface area contributed by atoms with Crippen molar-refractivity contribution in [2.24, 2.45) is 0 Å². The first-order valence-corrected chi connectivity index (χ1v) is 8.08. The molecule has 0 N–H and O–H groups in total. The van der Waals surface area contributed by atoms with Crippen molar-refractivity contribution >= 4 is 33.5 Å². The van der Waals surface area contributed by atoms with Crippen LogP contribution >= 0.6 is 0 Å². The molecule has 0 fully saturated rings. The summed E-state index contributed by atoms with van der Waals surface area (Å²) in [6.45, 7) is 0. The number of hydrogen-bond acceptors (Lipinski definition) is 3. The number of halogens is 3. The predicted molar refractivity (Wildman–Crippen MR) is 96.4 cm³/mol. The zero-order chi connectivity index (χ0) is 19.2. The molecule has 0 saturated heterocycles. The van der Waals surface area contributed by atoms with E-state index in [2.05, 4.69) is 4.98 Å². The van der Waals surface area contributed by atoms with Crippen LogP contribution in [0.1, 0.15) is 0 Å². The summed E-state index contributed by atoms with van der Waals surface area (Å²) in [5.74, 6) is -1.58. The van der Waals surface area contributed by atoms with E-state index >= 15 is 0 Å². The van der Waals surface area contributed by atoms with Gasteiger partial charge in [0.2, 0.25) is 5.89 Å². The molecule has 4 aromatic rings. The fourth-order valence-electron chi connectivity index (χ4n) is 2.96. The van der Waals surface area contributed by atoms with Crippen molar-refractivity contribution in [1.82, 2.24) is 4.98 Å². The lowest BCUT2D eigenvalue weighted by Crippen LogP contribution is -2.38. The molecule has 1 aromatic heterocycles. The number of rotatable bonds is 2. The van der Waals surface area contributed by atoms with Gasteiger partial charge >= 0.3 is 12.1 Å². The van der Waals surface area contributed by atoms with Gasteiger partial charge < -0.3 is 9.32 Å². The summed E-state index contributed by atoms with van der Waals surface area (Å²) < 4.78 is 43.7. The Balaban J connectivity index is 1.78. The van der Waals surface area contributed by atoms with E-state index in [0.717, 1.165) is 23.4 Å². The van der Waals surface area contributed by atoms with Crippen LogP contribution < -0.4 is 4.90 Å². The Labute approximate surface area is 151 Å². The number of aromatic nitrogens is 1. The summed E-state index contributed by atoms with van der Waals surface area (Å²) in [5.41, 5.74) is 1.66. The molecule has 3 aromatic carbocycles. The highest BCUT2D eigenvalue weighted by Gasteiger charge is 2.41. The number of benzene rings is 3. The molecule has 0 radical (unpaired) electrons. The minimum absolute atomic E-state index is 0.0745. The molecule has 0 saturated carbocycles. The lowest BCUT2D eigenvalue weighted by molar-refractivity contribution is -0.170. The quantitative estimate of drug-likeness (QED) is 0.489. The highest BCUT2D eigenvalue weighted by atomic mass is 19.4. The normalized spacial score (nSPS) is 11.9. The second-order valence-corrected chi connectivity index (χ2v) is 6.06. The maximum absolute atomic E-state index is 12.6. The van der Waals surface area contributed by atoms with Crippen molar-refractivity contribution < 1.29 is 22.4 Å². The highest BCUT2D eigenvalue weighted by molar-refractivity contribution is 5.99. The first-order valence-electron chi connectivity index (χ1n) is 8.08. The van der Waals surface area contributed by atoms with Crippen LogP contribution in [0.5, 0.6) is 0 Å². The largest absolute Gasteiger partial charge is 0.471 e. The average molecular weight is 370 g/mol. The lowest BCUT2D eigenvalue weighted by Gasteiger charge is -2.18. The summed E-state index contributed by atoms with van der Waals surface area (Å²) in [4.78, 5) is 16.4. The lowest BCUT2D eigenvalue weighted by atomic mass is 10.0. The van der Waals surface area contributed by atoms with E-state index < -0.39 is 12.1 Å². The van der Waals surface area contributed by atoms with Crippen LogP contribution in [-0.2, 0) is 4.79 Å². The van der Waals surface area contributed by atoms with Gasteiger partial charge in [-0.2, -0.15) is 13.2 Å². The fraction of sp³-hybridized carbons (Fsp3) is 0.100. The van der Waals surface area contributed by atoms with E-state index in [9.17, 15) is 18.0 Å². The van der Waals surface area contributed by atoms with Gasteiger partial charge in [0.25, 0.3) is 0 Å². The fourth-order valence-corrected chi connectivity index (χ4v) is 2.96. The second-order valence-electron chi connectivity index (χ2n) is 6.06. The molecular weight excluding hydrogens is 357 g/mol. The van der Waals surface area contributed by atoms with Crippen molar-refractivity contribution in [3.63, 3.8) is 0 Å². The smallest absolute Gasteiger partial charge is 0.436 e. The van der Waals surface area contributed by atoms with Crippen LogP contribution in [0.15, 0.2) is 65.1 Å². The Morgan fingerprint density at radius 1 is 1.04 bits per heavy atom. The molecular formula is C20H13F3N2O2. The Bertz CT molecular complexity index is 1160. The molecule has 0 unspecified atom stereocenters. The molecule has 4 rings (SSSR count). The third-order valence-corrected chi connectivity index (χ3v) is 4.33. The van der Waals surface area contributed by atoms with Gasteiger partial charge in [-0.1, -0.05) is 36.4 Å². The zero-order valence-corrected chi connectivity index (χ0v) is 14.1. The molecule has 0 spiro atoms. The second kappa shape index (κ2) is 6.12. The predicted octanol–water partition coefficient (Wildman–Crippen LogP) is 5.17. The van der Waals surface area contributed by atoms with Crippen LogP contribution in [0.4, 0.5) is 18.9 Å². The van der Waals surface area contributed by atoms with Crippen LogP contribution in [-0.4, -0.2) is 24.1 Å². The molecule has 0 bridgehead atoms. The number of alkyl halides is 3. The van der Waals surface area contributed by atoms with Gasteiger partial charge in [0.1, 0.15) is 5.52 Å². The van der Waals surface area contributed by atoms with Gasteiger partial charge in [0.15, 0.2) is 5.58 Å². The minimum Gasteiger partial charge on any atom is -0.436 e. The van der Waals surface area contributed by atoms with Crippen LogP contribution in [0.3, 0.4) is 0 Å². The molecule has 27 heavy (non-hydrogen) atoms. The number of oxazole rings is 1. The van der Waals surface area contributed by atoms with Gasteiger partial charge in [0, 0.05) is 24.4 Å². The molecule has 136 valence electrons. The summed E-state index contributed by atoms with van der Waals surface area (Å²) >= 11 is 0. The topological polar surface area (TPSA) is 46.3 Å². The van der Waals surface area contributed by atoms with Gasteiger partial charge in [-0.05, 0) is 29.0 Å². The van der Waals surface area contributed by atoms with Gasteiger partial charge in [-0.3, -0.25) is 4.79 Å². The van der Waals surface area contributed by atoms with Crippen molar-refractivity contribution in [3.05, 3.63) is 60.7 Å². The Hall–Kier alpha value is -3.35. The summed E-state index contributed by atoms with van der Waals surface area (Å²) in [6, 6.07) is 17.8. The summed E-state index contributed by atoms with van der Waals surface area (Å²) in [6.07, 6.45) is -4.95. The van der Waals surface area contributed by atoms with E-state index in [4.69, 9.17) is 4.42 Å². The van der Waals surface area contributed by atoms with E-state index in [0.29, 0.717) is 21.9 Å². The van der Waals surface area contributed by atoms with Crippen LogP contribution in [0.25, 0.3) is 33.3 Å². The van der Waals surface area contributed by atoms with Crippen molar-refractivity contribution in [2.45, 2.75) is 6.18 Å². The molecule has 0 aliphatic carbocycles. The molecule has 0 aliphatic heterocycles. The standard InChI is InChI=1S/C20H13F3N2O2/c1-25(19(26)20(21,22)23)13-9-10-16-17(11-13)27-18(24-16)15-8-4-6-12-5-2-3-7-14(12)15/h2-11H,1H3. The van der Waals surface area contributed by atoms with Gasteiger partial charge in [0.05, 0.1) is 0 Å². The average Bonchev–Trinajstić information content (AvgIpc) is 3.08. The third-order valence-electron chi connectivity index (χ3n) is 4.33. The van der Waals surface area contributed by atoms with E-state index in [1.165, 1.54) is 18.2 Å². The molecule has 4 nitrogen and oxygen atoms in total. The van der Waals surface area contributed by atoms with Crippen molar-refractivity contribution in [2.75, 3.05) is 11.9 Å². The SMILES string of the molecule is CN(C(=O)C(F)(F)F)c1ccc2nc(-c3cccc4ccccc34)oc2c1. The third kappa shape index (κ3) is 3.01. The maximum Gasteiger partial charge on any atom is 0.471 e. The Kier molecular flexibility index (Phi) is 3.87. The highest BCUT2D eigenvalue weighted by Crippen LogP contribution is 2.32. The number of carbonyl (C=O) groups excluding carboxylic acids is 1. The number of nitrogens with zero attached hydrogens (tertiary/aromatic N) is 2. The number of hydrogen-bond donors (Lipinski definition) is 0. The monoisotopic (exact) mass is 370 g/mol. The van der Waals surface area contributed by atoms with E-state index in [1.807, 2.05) is 42.5 Å². The van der Waals surface area contributed by atoms with E-state index in [-0.39, 0.29) is 5.69 Å². The number of fused-ring (bicyclic) bond motifs is 2. The number of amides is 1. The first-order chi connectivity index (χ1) is 12.8. The van der Waals surface area contributed by atoms with Crippen LogP contribution in [0.2, 0.25) is 0 Å². The Morgan fingerprint density at radius 2 is 1.78 bits per heavy atom. The minimum atomic E-state index is -4.95. The van der Waals surface area contributed by atoms with E-state index in [1.54, 1.807) is 0 Å². The van der Waals surface area contributed by atoms with Crippen molar-refractivity contribution in [3.8, 4) is 11.5 Å². The molecule has 1 amide bonds.